The van der Waals surface area contributed by atoms with Gasteiger partial charge in [0.1, 0.15) is 5.82 Å². The number of aromatic hydroxyl groups is 1. The van der Waals surface area contributed by atoms with E-state index in [1.54, 1.807) is 18.3 Å². The predicted molar refractivity (Wildman–Crippen MR) is 74.0 cm³/mol. The van der Waals surface area contributed by atoms with Gasteiger partial charge in [-0.3, -0.25) is 0 Å². The highest BCUT2D eigenvalue weighted by Crippen LogP contribution is 2.22. The summed E-state index contributed by atoms with van der Waals surface area (Å²) in [5.41, 5.74) is 1.32. The highest BCUT2D eigenvalue weighted by atomic mass is 19.1. The van der Waals surface area contributed by atoms with E-state index < -0.39 is 5.82 Å². The number of anilines is 2. The third-order valence-corrected chi connectivity index (χ3v) is 2.76. The van der Waals surface area contributed by atoms with E-state index >= 15 is 0 Å². The molecular formula is C14H16FN3O. The number of halogens is 1. The Balaban J connectivity index is 2.04. The summed E-state index contributed by atoms with van der Waals surface area (Å²) >= 11 is 0. The van der Waals surface area contributed by atoms with Gasteiger partial charge in [-0.25, -0.2) is 9.37 Å². The zero-order valence-electron chi connectivity index (χ0n) is 10.9. The summed E-state index contributed by atoms with van der Waals surface area (Å²) in [6.45, 7) is 0.340. The molecule has 19 heavy (non-hydrogen) atoms. The molecule has 0 saturated carbocycles. The number of rotatable bonds is 4. The van der Waals surface area contributed by atoms with Crippen LogP contribution in [0.25, 0.3) is 0 Å². The molecule has 4 nitrogen and oxygen atoms in total. The van der Waals surface area contributed by atoms with Crippen molar-refractivity contribution in [3.8, 4) is 5.75 Å². The maximum atomic E-state index is 13.2. The monoisotopic (exact) mass is 261 g/mol. The van der Waals surface area contributed by atoms with E-state index in [1.807, 2.05) is 31.1 Å². The second kappa shape index (κ2) is 5.56. The molecule has 1 aromatic heterocycles. The van der Waals surface area contributed by atoms with Crippen LogP contribution in [-0.4, -0.2) is 24.2 Å². The molecule has 0 spiro atoms. The largest absolute Gasteiger partial charge is 0.505 e. The van der Waals surface area contributed by atoms with E-state index in [2.05, 4.69) is 10.3 Å². The lowest BCUT2D eigenvalue weighted by molar-refractivity contribution is 0.427. The van der Waals surface area contributed by atoms with Crippen molar-refractivity contribution in [1.82, 2.24) is 4.98 Å². The normalized spacial score (nSPS) is 10.3. The SMILES string of the molecule is CN(C)c1ccc(NCc2cccc(F)c2O)cn1. The predicted octanol–water partition coefficient (Wildman–Crippen LogP) is 2.60. The molecule has 2 N–H and O–H groups in total. The highest BCUT2D eigenvalue weighted by Gasteiger charge is 2.06. The number of hydrogen-bond acceptors (Lipinski definition) is 4. The Kier molecular flexibility index (Phi) is 3.85. The zero-order valence-corrected chi connectivity index (χ0v) is 10.9. The zero-order chi connectivity index (χ0) is 13.8. The topological polar surface area (TPSA) is 48.4 Å². The molecule has 0 fully saturated rings. The van der Waals surface area contributed by atoms with Gasteiger partial charge in [0.15, 0.2) is 11.6 Å². The van der Waals surface area contributed by atoms with E-state index in [0.717, 1.165) is 11.5 Å². The number of benzene rings is 1. The average Bonchev–Trinajstić information content (AvgIpc) is 2.41. The molecule has 1 aromatic carbocycles. The first-order chi connectivity index (χ1) is 9.08. The summed E-state index contributed by atoms with van der Waals surface area (Å²) in [5.74, 6) is -0.0626. The molecule has 2 rings (SSSR count). The molecule has 0 aliphatic rings. The second-order valence-electron chi connectivity index (χ2n) is 4.40. The Labute approximate surface area is 111 Å². The first-order valence-electron chi connectivity index (χ1n) is 5.91. The number of nitrogens with one attached hydrogen (secondary N) is 1. The Bertz CT molecular complexity index is 555. The second-order valence-corrected chi connectivity index (χ2v) is 4.40. The Hall–Kier alpha value is -2.30. The van der Waals surface area contributed by atoms with Crippen LogP contribution in [0.2, 0.25) is 0 Å². The first kappa shape index (κ1) is 13.1. The molecule has 0 saturated heterocycles. The van der Waals surface area contributed by atoms with E-state index in [9.17, 15) is 9.50 Å². The molecule has 0 unspecified atom stereocenters. The van der Waals surface area contributed by atoms with Crippen LogP contribution in [0.1, 0.15) is 5.56 Å². The summed E-state index contributed by atoms with van der Waals surface area (Å²) in [7, 11) is 3.83. The lowest BCUT2D eigenvalue weighted by Gasteiger charge is -2.12. The minimum absolute atomic E-state index is 0.312. The van der Waals surface area contributed by atoms with Crippen LogP contribution >= 0.6 is 0 Å². The molecule has 1 heterocycles. The molecular weight excluding hydrogens is 245 g/mol. The quantitative estimate of drug-likeness (QED) is 0.888. The van der Waals surface area contributed by atoms with Crippen LogP contribution in [0, 0.1) is 5.82 Å². The third-order valence-electron chi connectivity index (χ3n) is 2.76. The Morgan fingerprint density at radius 1 is 1.26 bits per heavy atom. The van der Waals surface area contributed by atoms with Crippen molar-refractivity contribution in [2.75, 3.05) is 24.3 Å². The van der Waals surface area contributed by atoms with Gasteiger partial charge in [0.2, 0.25) is 0 Å². The fourth-order valence-electron chi connectivity index (χ4n) is 1.66. The van der Waals surface area contributed by atoms with Gasteiger partial charge >= 0.3 is 0 Å². The van der Waals surface area contributed by atoms with E-state index in [-0.39, 0.29) is 5.75 Å². The van der Waals surface area contributed by atoms with Gasteiger partial charge in [0.05, 0.1) is 11.9 Å². The molecule has 0 aliphatic carbocycles. The number of para-hydroxylation sites is 1. The third kappa shape index (κ3) is 3.13. The van der Waals surface area contributed by atoms with Crippen molar-refractivity contribution in [3.05, 3.63) is 47.9 Å². The molecule has 0 bridgehead atoms. The maximum absolute atomic E-state index is 13.2. The smallest absolute Gasteiger partial charge is 0.165 e. The van der Waals surface area contributed by atoms with Gasteiger partial charge in [-0.2, -0.15) is 0 Å². The van der Waals surface area contributed by atoms with Crippen molar-refractivity contribution in [3.63, 3.8) is 0 Å². The summed E-state index contributed by atoms with van der Waals surface area (Å²) in [4.78, 5) is 6.16. The van der Waals surface area contributed by atoms with Crippen molar-refractivity contribution >= 4 is 11.5 Å². The maximum Gasteiger partial charge on any atom is 0.165 e. The van der Waals surface area contributed by atoms with Crippen molar-refractivity contribution in [2.45, 2.75) is 6.54 Å². The van der Waals surface area contributed by atoms with E-state index in [0.29, 0.717) is 12.1 Å². The number of nitrogens with zero attached hydrogens (tertiary/aromatic N) is 2. The van der Waals surface area contributed by atoms with Gasteiger partial charge in [0, 0.05) is 26.2 Å². The van der Waals surface area contributed by atoms with Gasteiger partial charge in [0.25, 0.3) is 0 Å². The van der Waals surface area contributed by atoms with Crippen molar-refractivity contribution in [1.29, 1.82) is 0 Å². The van der Waals surface area contributed by atoms with Crippen LogP contribution in [0.15, 0.2) is 36.5 Å². The minimum Gasteiger partial charge on any atom is -0.505 e. The molecule has 0 amide bonds. The summed E-state index contributed by atoms with van der Waals surface area (Å²) in [6.07, 6.45) is 1.70. The van der Waals surface area contributed by atoms with E-state index in [1.165, 1.54) is 6.07 Å². The van der Waals surface area contributed by atoms with Crippen LogP contribution < -0.4 is 10.2 Å². The number of phenolic OH excluding ortho intramolecular Hbond substituents is 1. The number of phenols is 1. The Morgan fingerprint density at radius 3 is 2.68 bits per heavy atom. The molecule has 5 heteroatoms. The fourth-order valence-corrected chi connectivity index (χ4v) is 1.66. The van der Waals surface area contributed by atoms with Gasteiger partial charge in [-0.15, -0.1) is 0 Å². The molecule has 0 aliphatic heterocycles. The van der Waals surface area contributed by atoms with Gasteiger partial charge < -0.3 is 15.3 Å². The lowest BCUT2D eigenvalue weighted by atomic mass is 10.2. The van der Waals surface area contributed by atoms with Crippen molar-refractivity contribution < 1.29 is 9.50 Å². The number of aromatic nitrogens is 1. The summed E-state index contributed by atoms with van der Waals surface area (Å²) in [6, 6.07) is 8.24. The molecule has 100 valence electrons. The minimum atomic E-state index is -0.611. The van der Waals surface area contributed by atoms with Crippen LogP contribution in [0.3, 0.4) is 0 Å². The highest BCUT2D eigenvalue weighted by molar-refractivity contribution is 5.49. The average molecular weight is 261 g/mol. The van der Waals surface area contributed by atoms with Crippen LogP contribution in [-0.2, 0) is 6.54 Å². The molecule has 2 aromatic rings. The number of hydrogen-bond donors (Lipinski definition) is 2. The molecule has 0 atom stereocenters. The lowest BCUT2D eigenvalue weighted by Crippen LogP contribution is -2.10. The summed E-state index contributed by atoms with van der Waals surface area (Å²) in [5, 5.41) is 12.6. The summed E-state index contributed by atoms with van der Waals surface area (Å²) < 4.78 is 13.2. The van der Waals surface area contributed by atoms with Crippen LogP contribution in [0.4, 0.5) is 15.9 Å². The molecule has 0 radical (unpaired) electrons. The van der Waals surface area contributed by atoms with Gasteiger partial charge in [-0.05, 0) is 18.2 Å². The Morgan fingerprint density at radius 2 is 2.05 bits per heavy atom. The first-order valence-corrected chi connectivity index (χ1v) is 5.91. The van der Waals surface area contributed by atoms with Crippen molar-refractivity contribution in [2.24, 2.45) is 0 Å². The van der Waals surface area contributed by atoms with E-state index in [4.69, 9.17) is 0 Å². The van der Waals surface area contributed by atoms with Crippen LogP contribution in [0.5, 0.6) is 5.75 Å². The number of pyridine rings is 1. The fraction of sp³-hybridized carbons (Fsp3) is 0.214. The van der Waals surface area contributed by atoms with Gasteiger partial charge in [-0.1, -0.05) is 12.1 Å². The standard InChI is InChI=1S/C14H16FN3O/c1-18(2)13-7-6-11(9-17-13)16-8-10-4-3-5-12(15)14(10)19/h3-7,9,16,19H,8H2,1-2H3.